The molecule has 3 aromatic heterocycles. The normalized spacial score (nSPS) is 10.9. The summed E-state index contributed by atoms with van der Waals surface area (Å²) >= 11 is 0. The molecular weight excluding hydrogens is 322 g/mol. The van der Waals surface area contributed by atoms with Crippen LogP contribution in [0.15, 0.2) is 42.9 Å². The van der Waals surface area contributed by atoms with Crippen LogP contribution >= 0.6 is 0 Å². The van der Waals surface area contributed by atoms with Gasteiger partial charge in [0.25, 0.3) is 0 Å². The van der Waals surface area contributed by atoms with Crippen molar-refractivity contribution in [2.75, 3.05) is 7.11 Å². The Morgan fingerprint density at radius 2 is 1.64 bits per heavy atom. The number of methoxy groups -OCH3 is 1. The van der Waals surface area contributed by atoms with E-state index in [0.29, 0.717) is 11.3 Å². The van der Waals surface area contributed by atoms with E-state index in [1.807, 2.05) is 6.07 Å². The fraction of sp³-hybridized carbons (Fsp3) is 0.0588. The number of fused-ring (bicyclic) bond motifs is 1. The van der Waals surface area contributed by atoms with Crippen LogP contribution in [0.5, 0.6) is 17.5 Å². The lowest BCUT2D eigenvalue weighted by Gasteiger charge is -2.04. The summed E-state index contributed by atoms with van der Waals surface area (Å²) in [5.74, 6) is -0.356. The fourth-order valence-corrected chi connectivity index (χ4v) is 2.53. The van der Waals surface area contributed by atoms with Crippen LogP contribution in [0.1, 0.15) is 0 Å². The molecule has 0 bridgehead atoms. The van der Waals surface area contributed by atoms with Crippen molar-refractivity contribution < 1.29 is 14.9 Å². The van der Waals surface area contributed by atoms with E-state index in [4.69, 9.17) is 4.74 Å². The third kappa shape index (κ3) is 2.59. The highest BCUT2D eigenvalue weighted by Gasteiger charge is 2.12. The maximum atomic E-state index is 9.70. The molecule has 0 fully saturated rings. The number of rotatable bonds is 3. The Balaban J connectivity index is 1.82. The van der Waals surface area contributed by atoms with E-state index in [-0.39, 0.29) is 17.5 Å². The minimum Gasteiger partial charge on any atom is -0.504 e. The summed E-state index contributed by atoms with van der Waals surface area (Å²) in [4.78, 5) is 12.5. The topological polar surface area (TPSA) is 117 Å². The number of aromatic hydroxyl groups is 2. The van der Waals surface area contributed by atoms with Crippen molar-refractivity contribution in [3.05, 3.63) is 42.9 Å². The molecule has 0 aliphatic carbocycles. The van der Waals surface area contributed by atoms with Gasteiger partial charge in [-0.15, -0.1) is 0 Å². The quantitative estimate of drug-likeness (QED) is 0.492. The number of aromatic amines is 1. The average molecular weight is 335 g/mol. The molecule has 3 heterocycles. The number of phenols is 2. The minimum absolute atomic E-state index is 0.169. The summed E-state index contributed by atoms with van der Waals surface area (Å²) in [5.41, 5.74) is 3.51. The summed E-state index contributed by atoms with van der Waals surface area (Å²) in [6.45, 7) is 0. The Hall–Kier alpha value is -3.68. The summed E-state index contributed by atoms with van der Waals surface area (Å²) < 4.78 is 4.96. The van der Waals surface area contributed by atoms with E-state index in [1.165, 1.54) is 19.2 Å². The highest BCUT2D eigenvalue weighted by molar-refractivity contribution is 5.93. The molecule has 0 unspecified atom stereocenters. The Kier molecular flexibility index (Phi) is 3.42. The predicted octanol–water partition coefficient (Wildman–Crippen LogP) is 2.50. The van der Waals surface area contributed by atoms with Gasteiger partial charge in [-0.05, 0) is 23.8 Å². The predicted molar refractivity (Wildman–Crippen MR) is 90.2 cm³/mol. The minimum atomic E-state index is -0.187. The summed E-state index contributed by atoms with van der Waals surface area (Å²) in [5, 5.41) is 27.1. The maximum Gasteiger partial charge on any atom is 0.316 e. The van der Waals surface area contributed by atoms with Gasteiger partial charge in [0.05, 0.1) is 7.11 Å². The van der Waals surface area contributed by atoms with E-state index in [0.717, 1.165) is 22.1 Å². The SMILES string of the molecule is COc1ncc(-c2n[nH]c3ncc(-c4ccc(O)c(O)c4)cc23)cn1. The van der Waals surface area contributed by atoms with Crippen molar-refractivity contribution in [3.63, 3.8) is 0 Å². The molecule has 124 valence electrons. The van der Waals surface area contributed by atoms with Crippen molar-refractivity contribution in [2.24, 2.45) is 0 Å². The second kappa shape index (κ2) is 5.75. The molecule has 8 nitrogen and oxygen atoms in total. The monoisotopic (exact) mass is 335 g/mol. The molecule has 0 amide bonds. The van der Waals surface area contributed by atoms with E-state index in [1.54, 1.807) is 24.7 Å². The van der Waals surface area contributed by atoms with Crippen molar-refractivity contribution in [1.29, 1.82) is 0 Å². The number of aromatic nitrogens is 5. The number of benzene rings is 1. The van der Waals surface area contributed by atoms with Gasteiger partial charge in [-0.2, -0.15) is 5.10 Å². The molecular formula is C17H13N5O3. The van der Waals surface area contributed by atoms with Crippen LogP contribution in [0.3, 0.4) is 0 Å². The Bertz CT molecular complexity index is 1060. The van der Waals surface area contributed by atoms with E-state index in [2.05, 4.69) is 25.1 Å². The Labute approximate surface area is 141 Å². The zero-order valence-electron chi connectivity index (χ0n) is 13.1. The molecule has 8 heteroatoms. The van der Waals surface area contributed by atoms with Crippen LogP contribution in [0.2, 0.25) is 0 Å². The molecule has 3 N–H and O–H groups in total. The molecule has 0 radical (unpaired) electrons. The molecule has 0 spiro atoms. The van der Waals surface area contributed by atoms with Crippen LogP contribution in [-0.2, 0) is 0 Å². The summed E-state index contributed by atoms with van der Waals surface area (Å²) in [6.07, 6.45) is 4.92. The highest BCUT2D eigenvalue weighted by atomic mass is 16.5. The zero-order valence-corrected chi connectivity index (χ0v) is 13.1. The largest absolute Gasteiger partial charge is 0.504 e. The van der Waals surface area contributed by atoms with E-state index in [9.17, 15) is 10.2 Å². The molecule has 0 saturated heterocycles. The van der Waals surface area contributed by atoms with E-state index < -0.39 is 0 Å². The van der Waals surface area contributed by atoms with Crippen LogP contribution < -0.4 is 4.74 Å². The lowest BCUT2D eigenvalue weighted by Crippen LogP contribution is -1.91. The Morgan fingerprint density at radius 1 is 0.880 bits per heavy atom. The second-order valence-electron chi connectivity index (χ2n) is 5.35. The number of nitrogens with one attached hydrogen (secondary N) is 1. The van der Waals surface area contributed by atoms with Gasteiger partial charge >= 0.3 is 6.01 Å². The molecule has 4 rings (SSSR count). The second-order valence-corrected chi connectivity index (χ2v) is 5.35. The average Bonchev–Trinajstić information content (AvgIpc) is 3.07. The maximum absolute atomic E-state index is 9.70. The molecule has 0 aliphatic rings. The van der Waals surface area contributed by atoms with Gasteiger partial charge in [0.15, 0.2) is 17.1 Å². The van der Waals surface area contributed by atoms with Crippen molar-refractivity contribution >= 4 is 11.0 Å². The van der Waals surface area contributed by atoms with Crippen molar-refractivity contribution in [3.8, 4) is 39.9 Å². The van der Waals surface area contributed by atoms with Crippen LogP contribution in [-0.4, -0.2) is 42.5 Å². The number of H-pyrrole nitrogens is 1. The molecule has 0 atom stereocenters. The molecule has 0 aliphatic heterocycles. The first-order valence-electron chi connectivity index (χ1n) is 7.38. The number of nitrogens with zero attached hydrogens (tertiary/aromatic N) is 4. The standard InChI is InChI=1S/C17H13N5O3/c1-25-17-19-7-11(8-20-17)15-12-4-10(6-18-16(12)22-21-15)9-2-3-13(23)14(24)5-9/h2-8,23-24H,1H3,(H,18,21,22). The summed E-state index contributed by atoms with van der Waals surface area (Å²) in [6, 6.07) is 6.80. The van der Waals surface area contributed by atoms with Crippen LogP contribution in [0, 0.1) is 0 Å². The molecule has 0 saturated carbocycles. The zero-order chi connectivity index (χ0) is 17.4. The van der Waals surface area contributed by atoms with Crippen molar-refractivity contribution in [2.45, 2.75) is 0 Å². The summed E-state index contributed by atoms with van der Waals surface area (Å²) in [7, 11) is 1.50. The van der Waals surface area contributed by atoms with Gasteiger partial charge < -0.3 is 14.9 Å². The van der Waals surface area contributed by atoms with Gasteiger partial charge in [-0.1, -0.05) is 6.07 Å². The number of pyridine rings is 1. The third-order valence-corrected chi connectivity index (χ3v) is 3.81. The molecule has 4 aromatic rings. The first kappa shape index (κ1) is 14.9. The van der Waals surface area contributed by atoms with Gasteiger partial charge in [0.2, 0.25) is 0 Å². The van der Waals surface area contributed by atoms with Gasteiger partial charge in [0.1, 0.15) is 5.69 Å². The smallest absolute Gasteiger partial charge is 0.316 e. The highest BCUT2D eigenvalue weighted by Crippen LogP contribution is 2.33. The number of hydrogen-bond donors (Lipinski definition) is 3. The van der Waals surface area contributed by atoms with Crippen LogP contribution in [0.25, 0.3) is 33.4 Å². The fourth-order valence-electron chi connectivity index (χ4n) is 2.53. The number of hydrogen-bond acceptors (Lipinski definition) is 7. The molecule has 25 heavy (non-hydrogen) atoms. The van der Waals surface area contributed by atoms with E-state index >= 15 is 0 Å². The number of ether oxygens (including phenoxy) is 1. The molecule has 1 aromatic carbocycles. The van der Waals surface area contributed by atoms with Crippen LogP contribution in [0.4, 0.5) is 0 Å². The lowest BCUT2D eigenvalue weighted by atomic mass is 10.0. The van der Waals surface area contributed by atoms with Gasteiger partial charge in [-0.3, -0.25) is 5.10 Å². The van der Waals surface area contributed by atoms with Gasteiger partial charge in [0, 0.05) is 35.1 Å². The lowest BCUT2D eigenvalue weighted by molar-refractivity contribution is 0.380. The van der Waals surface area contributed by atoms with Gasteiger partial charge in [-0.25, -0.2) is 15.0 Å². The third-order valence-electron chi connectivity index (χ3n) is 3.81. The first-order valence-corrected chi connectivity index (χ1v) is 7.38. The van der Waals surface area contributed by atoms with Crippen molar-refractivity contribution in [1.82, 2.24) is 25.1 Å². The number of phenolic OH excluding ortho intramolecular Hbond substituents is 2. The first-order chi connectivity index (χ1) is 12.2. The Morgan fingerprint density at radius 3 is 2.36 bits per heavy atom.